The van der Waals surface area contributed by atoms with Crippen molar-refractivity contribution in [3.05, 3.63) is 29.8 Å². The van der Waals surface area contributed by atoms with E-state index in [4.69, 9.17) is 9.47 Å². The highest BCUT2D eigenvalue weighted by atomic mass is 16.5. The van der Waals surface area contributed by atoms with Crippen LogP contribution >= 0.6 is 0 Å². The molecule has 4 heteroatoms. The first-order chi connectivity index (χ1) is 8.26. The molecular formula is C13H17NO3. The number of ether oxygens (including phenoxy) is 2. The molecule has 2 unspecified atom stereocenters. The van der Waals surface area contributed by atoms with E-state index >= 15 is 0 Å². The second kappa shape index (κ2) is 5.19. The molecule has 92 valence electrons. The molecule has 0 aliphatic carbocycles. The van der Waals surface area contributed by atoms with Crippen LogP contribution in [0.5, 0.6) is 5.75 Å². The summed E-state index contributed by atoms with van der Waals surface area (Å²) in [5, 5.41) is 3.27. The summed E-state index contributed by atoms with van der Waals surface area (Å²) in [6.45, 7) is 2.52. The first-order valence-corrected chi connectivity index (χ1v) is 5.81. The zero-order valence-electron chi connectivity index (χ0n) is 10.1. The van der Waals surface area contributed by atoms with Gasteiger partial charge in [0.25, 0.3) is 0 Å². The van der Waals surface area contributed by atoms with Gasteiger partial charge >= 0.3 is 5.97 Å². The molecule has 1 aromatic carbocycles. The summed E-state index contributed by atoms with van der Waals surface area (Å²) < 4.78 is 10.3. The number of esters is 1. The number of para-hydroxylation sites is 1. The van der Waals surface area contributed by atoms with Crippen LogP contribution in [0, 0.1) is 0 Å². The van der Waals surface area contributed by atoms with Crippen molar-refractivity contribution in [2.45, 2.75) is 25.4 Å². The Balaban J connectivity index is 2.08. The minimum atomic E-state index is -0.278. The molecule has 1 N–H and O–H groups in total. The molecule has 17 heavy (non-hydrogen) atoms. The molecule has 1 heterocycles. The minimum absolute atomic E-state index is 0.0650. The fraction of sp³-hybridized carbons (Fsp3) is 0.462. The van der Waals surface area contributed by atoms with Crippen LogP contribution < -0.4 is 10.1 Å². The smallest absolute Gasteiger partial charge is 0.322 e. The normalized spacial score (nSPS) is 19.3. The SMILES string of the molecule is CCC(NC1COc2ccccc21)C(=O)OC. The van der Waals surface area contributed by atoms with E-state index in [-0.39, 0.29) is 18.1 Å². The van der Waals surface area contributed by atoms with Gasteiger partial charge in [-0.2, -0.15) is 0 Å². The standard InChI is InChI=1S/C13H17NO3/c1-3-10(13(15)16-2)14-11-8-17-12-7-5-4-6-9(11)12/h4-7,10-11,14H,3,8H2,1-2H3. The molecule has 1 aromatic rings. The molecule has 0 saturated carbocycles. The Morgan fingerprint density at radius 1 is 1.59 bits per heavy atom. The summed E-state index contributed by atoms with van der Waals surface area (Å²) in [7, 11) is 1.41. The molecule has 0 radical (unpaired) electrons. The van der Waals surface area contributed by atoms with E-state index in [1.165, 1.54) is 7.11 Å². The average molecular weight is 235 g/mol. The van der Waals surface area contributed by atoms with Crippen LogP contribution in [0.1, 0.15) is 24.9 Å². The number of hydrogen-bond acceptors (Lipinski definition) is 4. The molecule has 4 nitrogen and oxygen atoms in total. The van der Waals surface area contributed by atoms with Crippen LogP contribution in [0.2, 0.25) is 0 Å². The fourth-order valence-corrected chi connectivity index (χ4v) is 2.04. The summed E-state index contributed by atoms with van der Waals surface area (Å²) in [4.78, 5) is 11.5. The van der Waals surface area contributed by atoms with Crippen LogP contribution in [-0.4, -0.2) is 25.7 Å². The summed E-state index contributed by atoms with van der Waals surface area (Å²) >= 11 is 0. The highest BCUT2D eigenvalue weighted by Gasteiger charge is 2.28. The Labute approximate surface area is 101 Å². The van der Waals surface area contributed by atoms with E-state index in [0.29, 0.717) is 13.0 Å². The van der Waals surface area contributed by atoms with E-state index in [1.807, 2.05) is 31.2 Å². The molecule has 0 bridgehead atoms. The van der Waals surface area contributed by atoms with Gasteiger partial charge in [0.2, 0.25) is 0 Å². The predicted octanol–water partition coefficient (Wildman–Crippen LogP) is 1.66. The number of methoxy groups -OCH3 is 1. The van der Waals surface area contributed by atoms with Crippen LogP contribution in [0.15, 0.2) is 24.3 Å². The van der Waals surface area contributed by atoms with Gasteiger partial charge in [0.15, 0.2) is 0 Å². The Bertz CT molecular complexity index is 405. The predicted molar refractivity (Wildman–Crippen MR) is 63.9 cm³/mol. The molecular weight excluding hydrogens is 218 g/mol. The average Bonchev–Trinajstić information content (AvgIpc) is 2.78. The lowest BCUT2D eigenvalue weighted by molar-refractivity contribution is -0.143. The Morgan fingerprint density at radius 3 is 3.06 bits per heavy atom. The van der Waals surface area contributed by atoms with E-state index in [9.17, 15) is 4.79 Å². The number of fused-ring (bicyclic) bond motifs is 1. The van der Waals surface area contributed by atoms with Gasteiger partial charge in [-0.05, 0) is 12.5 Å². The molecule has 0 fully saturated rings. The highest BCUT2D eigenvalue weighted by Crippen LogP contribution is 2.32. The third-order valence-electron chi connectivity index (χ3n) is 3.00. The molecule has 2 rings (SSSR count). The topological polar surface area (TPSA) is 47.6 Å². The number of carbonyl (C=O) groups excluding carboxylic acids is 1. The summed E-state index contributed by atoms with van der Waals surface area (Å²) in [5.41, 5.74) is 1.11. The lowest BCUT2D eigenvalue weighted by atomic mass is 10.1. The summed E-state index contributed by atoms with van der Waals surface area (Å²) in [6, 6.07) is 7.66. The second-order valence-corrected chi connectivity index (χ2v) is 4.05. The fourth-order valence-electron chi connectivity index (χ4n) is 2.04. The van der Waals surface area contributed by atoms with Crippen LogP contribution in [0.3, 0.4) is 0 Å². The number of benzene rings is 1. The van der Waals surface area contributed by atoms with E-state index < -0.39 is 0 Å². The van der Waals surface area contributed by atoms with E-state index in [0.717, 1.165) is 11.3 Å². The first-order valence-electron chi connectivity index (χ1n) is 5.81. The minimum Gasteiger partial charge on any atom is -0.491 e. The zero-order chi connectivity index (χ0) is 12.3. The van der Waals surface area contributed by atoms with Crippen LogP contribution in [-0.2, 0) is 9.53 Å². The van der Waals surface area contributed by atoms with Crippen molar-refractivity contribution in [2.24, 2.45) is 0 Å². The Hall–Kier alpha value is -1.55. The Kier molecular flexibility index (Phi) is 3.64. The van der Waals surface area contributed by atoms with Crippen molar-refractivity contribution in [3.8, 4) is 5.75 Å². The molecule has 2 atom stereocenters. The molecule has 0 spiro atoms. The van der Waals surface area contributed by atoms with Gasteiger partial charge in [0, 0.05) is 5.56 Å². The highest BCUT2D eigenvalue weighted by molar-refractivity contribution is 5.75. The molecule has 0 saturated heterocycles. The van der Waals surface area contributed by atoms with Crippen LogP contribution in [0.4, 0.5) is 0 Å². The number of hydrogen-bond donors (Lipinski definition) is 1. The number of nitrogens with one attached hydrogen (secondary N) is 1. The molecule has 0 amide bonds. The van der Waals surface area contributed by atoms with Gasteiger partial charge in [-0.25, -0.2) is 0 Å². The van der Waals surface area contributed by atoms with Crippen molar-refractivity contribution in [1.29, 1.82) is 0 Å². The van der Waals surface area contributed by atoms with Gasteiger partial charge in [0.05, 0.1) is 13.2 Å². The lowest BCUT2D eigenvalue weighted by Gasteiger charge is -2.18. The van der Waals surface area contributed by atoms with Gasteiger partial charge in [-0.3, -0.25) is 10.1 Å². The van der Waals surface area contributed by atoms with Gasteiger partial charge in [0.1, 0.15) is 18.4 Å². The third kappa shape index (κ3) is 2.42. The first kappa shape index (κ1) is 11.9. The van der Waals surface area contributed by atoms with Crippen molar-refractivity contribution >= 4 is 5.97 Å². The maximum absolute atomic E-state index is 11.5. The van der Waals surface area contributed by atoms with Crippen LogP contribution in [0.25, 0.3) is 0 Å². The van der Waals surface area contributed by atoms with Crippen molar-refractivity contribution in [1.82, 2.24) is 5.32 Å². The quantitative estimate of drug-likeness (QED) is 0.806. The molecule has 0 aromatic heterocycles. The van der Waals surface area contributed by atoms with Gasteiger partial charge in [-0.15, -0.1) is 0 Å². The van der Waals surface area contributed by atoms with Gasteiger partial charge < -0.3 is 9.47 Å². The monoisotopic (exact) mass is 235 g/mol. The lowest BCUT2D eigenvalue weighted by Crippen LogP contribution is -2.40. The third-order valence-corrected chi connectivity index (χ3v) is 3.00. The zero-order valence-corrected chi connectivity index (χ0v) is 10.1. The van der Waals surface area contributed by atoms with Gasteiger partial charge in [-0.1, -0.05) is 25.1 Å². The van der Waals surface area contributed by atoms with E-state index in [2.05, 4.69) is 5.32 Å². The molecule has 1 aliphatic rings. The van der Waals surface area contributed by atoms with E-state index in [1.54, 1.807) is 0 Å². The number of rotatable bonds is 4. The van der Waals surface area contributed by atoms with Crippen molar-refractivity contribution < 1.29 is 14.3 Å². The van der Waals surface area contributed by atoms with Crippen molar-refractivity contribution in [2.75, 3.05) is 13.7 Å². The maximum Gasteiger partial charge on any atom is 0.322 e. The number of carbonyl (C=O) groups is 1. The summed E-state index contributed by atoms with van der Waals surface area (Å²) in [5.74, 6) is 0.668. The van der Waals surface area contributed by atoms with Crippen molar-refractivity contribution in [3.63, 3.8) is 0 Å². The summed E-state index contributed by atoms with van der Waals surface area (Å²) in [6.07, 6.45) is 0.700. The largest absolute Gasteiger partial charge is 0.491 e. The Morgan fingerprint density at radius 2 is 2.35 bits per heavy atom. The molecule has 1 aliphatic heterocycles. The maximum atomic E-state index is 11.5. The second-order valence-electron chi connectivity index (χ2n) is 4.05.